The van der Waals surface area contributed by atoms with Crippen LogP contribution in [0, 0.1) is 0 Å². The lowest BCUT2D eigenvalue weighted by molar-refractivity contribution is -0.137. The number of carbonyl (C=O) groups excluding carboxylic acids is 2. The van der Waals surface area contributed by atoms with E-state index >= 15 is 0 Å². The van der Waals surface area contributed by atoms with Gasteiger partial charge in [-0.05, 0) is 43.3 Å². The fourth-order valence-electron chi connectivity index (χ4n) is 3.69. The van der Waals surface area contributed by atoms with E-state index in [1.165, 1.54) is 21.6 Å². The first kappa shape index (κ1) is 26.0. The molecule has 10 heteroatoms. The number of halogens is 4. The van der Waals surface area contributed by atoms with Gasteiger partial charge in [-0.15, -0.1) is 0 Å². The van der Waals surface area contributed by atoms with E-state index in [0.29, 0.717) is 11.4 Å². The highest BCUT2D eigenvalue weighted by molar-refractivity contribution is 6.33. The third kappa shape index (κ3) is 6.00. The molecule has 4 rings (SSSR count). The van der Waals surface area contributed by atoms with Gasteiger partial charge in [0.15, 0.2) is 0 Å². The number of nitrogens with one attached hydrogen (secondary N) is 1. The molecular formula is C27H22ClF3N4O2. The van der Waals surface area contributed by atoms with Crippen molar-refractivity contribution >= 4 is 29.4 Å². The van der Waals surface area contributed by atoms with E-state index in [-0.39, 0.29) is 29.6 Å². The predicted octanol–water partition coefficient (Wildman–Crippen LogP) is 6.31. The third-order valence-corrected chi connectivity index (χ3v) is 5.94. The first-order valence-electron chi connectivity index (χ1n) is 11.3. The average Bonchev–Trinajstić information content (AvgIpc) is 3.31. The predicted molar refractivity (Wildman–Crippen MR) is 136 cm³/mol. The molecule has 1 aromatic heterocycles. The van der Waals surface area contributed by atoms with Crippen LogP contribution in [0.1, 0.15) is 22.8 Å². The zero-order chi connectivity index (χ0) is 26.6. The summed E-state index contributed by atoms with van der Waals surface area (Å²) in [6, 6.07) is 20.2. The van der Waals surface area contributed by atoms with E-state index in [1.807, 2.05) is 30.3 Å². The van der Waals surface area contributed by atoms with Gasteiger partial charge in [-0.25, -0.2) is 4.98 Å². The summed E-state index contributed by atoms with van der Waals surface area (Å²) >= 11 is 6.14. The molecule has 0 atom stereocenters. The Labute approximate surface area is 216 Å². The zero-order valence-electron chi connectivity index (χ0n) is 19.7. The van der Waals surface area contributed by atoms with E-state index in [2.05, 4.69) is 10.3 Å². The summed E-state index contributed by atoms with van der Waals surface area (Å²) in [5.41, 5.74) is 1.12. The number of hydrogen-bond acceptors (Lipinski definition) is 3. The van der Waals surface area contributed by atoms with E-state index in [9.17, 15) is 22.8 Å². The van der Waals surface area contributed by atoms with Crippen molar-refractivity contribution in [3.8, 4) is 16.9 Å². The van der Waals surface area contributed by atoms with Crippen LogP contribution in [0.2, 0.25) is 5.02 Å². The maximum Gasteiger partial charge on any atom is 0.416 e. The van der Waals surface area contributed by atoms with E-state index in [0.717, 1.165) is 17.7 Å². The normalized spacial score (nSPS) is 11.3. The van der Waals surface area contributed by atoms with Crippen LogP contribution < -0.4 is 5.32 Å². The number of likely N-dealkylation sites (N-methyl/N-ethyl adjacent to an activating group) is 1. The molecule has 190 valence electrons. The number of aromatic nitrogens is 2. The second-order valence-electron chi connectivity index (χ2n) is 8.08. The van der Waals surface area contributed by atoms with Gasteiger partial charge < -0.3 is 4.90 Å². The van der Waals surface area contributed by atoms with Crippen LogP contribution in [0.3, 0.4) is 0 Å². The molecule has 0 saturated carbocycles. The molecule has 1 heterocycles. The minimum atomic E-state index is -4.47. The second kappa shape index (κ2) is 10.9. The monoisotopic (exact) mass is 526 g/mol. The van der Waals surface area contributed by atoms with Crippen LogP contribution in [0.25, 0.3) is 16.9 Å². The Hall–Kier alpha value is -4.11. The molecule has 37 heavy (non-hydrogen) atoms. The largest absolute Gasteiger partial charge is 0.416 e. The van der Waals surface area contributed by atoms with Crippen LogP contribution in [0.15, 0.2) is 85.1 Å². The van der Waals surface area contributed by atoms with E-state index < -0.39 is 23.6 Å². The van der Waals surface area contributed by atoms with Crippen molar-refractivity contribution in [2.24, 2.45) is 0 Å². The van der Waals surface area contributed by atoms with Gasteiger partial charge in [0.05, 0.1) is 21.8 Å². The molecule has 3 aromatic carbocycles. The molecular weight excluding hydrogens is 505 g/mol. The Morgan fingerprint density at radius 2 is 1.62 bits per heavy atom. The smallest absolute Gasteiger partial charge is 0.330 e. The second-order valence-corrected chi connectivity index (χ2v) is 8.48. The Morgan fingerprint density at radius 1 is 0.973 bits per heavy atom. The first-order chi connectivity index (χ1) is 17.7. The number of anilines is 1. The third-order valence-electron chi connectivity index (χ3n) is 5.61. The van der Waals surface area contributed by atoms with Crippen molar-refractivity contribution in [3.05, 3.63) is 101 Å². The zero-order valence-corrected chi connectivity index (χ0v) is 20.4. The van der Waals surface area contributed by atoms with Crippen LogP contribution in [-0.4, -0.2) is 39.4 Å². The number of benzene rings is 3. The number of imidazole rings is 1. The van der Waals surface area contributed by atoms with Gasteiger partial charge in [-0.3, -0.25) is 19.5 Å². The van der Waals surface area contributed by atoms with Crippen molar-refractivity contribution in [1.29, 1.82) is 0 Å². The van der Waals surface area contributed by atoms with Crippen LogP contribution in [-0.2, 0) is 11.0 Å². The molecule has 0 aliphatic rings. The fraction of sp³-hybridized carbons (Fsp3) is 0.148. The molecule has 0 bridgehead atoms. The summed E-state index contributed by atoms with van der Waals surface area (Å²) in [5.74, 6) is -0.829. The van der Waals surface area contributed by atoms with Gasteiger partial charge in [-0.2, -0.15) is 13.2 Å². The summed E-state index contributed by atoms with van der Waals surface area (Å²) in [5, 5.41) is 2.97. The van der Waals surface area contributed by atoms with Crippen LogP contribution in [0.5, 0.6) is 0 Å². The standard InChI is InChI=1S/C27H22ClF3N4O2/c1-2-34(25(37)21-10-6-7-11-22(21)28)17-24(36)33-26-32-23(18-8-4-3-5-9-18)16-35(26)20-14-12-19(13-15-20)27(29,30)31/h3-16H,2,17H2,1H3,(H,32,33,36). The lowest BCUT2D eigenvalue weighted by Gasteiger charge is -2.21. The van der Waals surface area contributed by atoms with E-state index in [1.54, 1.807) is 37.4 Å². The van der Waals surface area contributed by atoms with Gasteiger partial charge in [0.2, 0.25) is 11.9 Å². The Bertz CT molecular complexity index is 1400. The number of nitrogens with zero attached hydrogens (tertiary/aromatic N) is 3. The van der Waals surface area contributed by atoms with Gasteiger partial charge in [0, 0.05) is 24.0 Å². The molecule has 0 aliphatic heterocycles. The lowest BCUT2D eigenvalue weighted by Crippen LogP contribution is -2.38. The molecule has 0 aliphatic carbocycles. The van der Waals surface area contributed by atoms with Crippen molar-refractivity contribution in [2.45, 2.75) is 13.1 Å². The number of alkyl halides is 3. The average molecular weight is 527 g/mol. The molecule has 0 unspecified atom stereocenters. The van der Waals surface area contributed by atoms with Crippen molar-refractivity contribution in [3.63, 3.8) is 0 Å². The molecule has 4 aromatic rings. The summed E-state index contributed by atoms with van der Waals surface area (Å²) in [4.78, 5) is 31.7. The molecule has 0 spiro atoms. The van der Waals surface area contributed by atoms with Gasteiger partial charge in [0.1, 0.15) is 6.54 Å². The molecule has 0 saturated heterocycles. The maximum atomic E-state index is 13.1. The van der Waals surface area contributed by atoms with Crippen molar-refractivity contribution in [2.75, 3.05) is 18.4 Å². The highest BCUT2D eigenvalue weighted by atomic mass is 35.5. The number of amides is 2. The number of hydrogen-bond donors (Lipinski definition) is 1. The Balaban J connectivity index is 1.62. The number of carbonyl (C=O) groups is 2. The fourth-order valence-corrected chi connectivity index (χ4v) is 3.91. The lowest BCUT2D eigenvalue weighted by atomic mass is 10.2. The Morgan fingerprint density at radius 3 is 2.24 bits per heavy atom. The summed E-state index contributed by atoms with van der Waals surface area (Å²) in [7, 11) is 0. The minimum absolute atomic E-state index is 0.102. The molecule has 1 N–H and O–H groups in total. The quantitative estimate of drug-likeness (QED) is 0.307. The topological polar surface area (TPSA) is 67.2 Å². The summed E-state index contributed by atoms with van der Waals surface area (Å²) < 4.78 is 40.6. The highest BCUT2D eigenvalue weighted by Crippen LogP contribution is 2.31. The molecule has 2 amide bonds. The number of rotatable bonds is 7. The highest BCUT2D eigenvalue weighted by Gasteiger charge is 2.30. The van der Waals surface area contributed by atoms with E-state index in [4.69, 9.17) is 11.6 Å². The van der Waals surface area contributed by atoms with Crippen molar-refractivity contribution in [1.82, 2.24) is 14.5 Å². The minimum Gasteiger partial charge on any atom is -0.330 e. The van der Waals surface area contributed by atoms with Crippen molar-refractivity contribution < 1.29 is 22.8 Å². The molecule has 0 radical (unpaired) electrons. The summed E-state index contributed by atoms with van der Waals surface area (Å²) in [6.45, 7) is 1.71. The Kier molecular flexibility index (Phi) is 7.63. The molecule has 6 nitrogen and oxygen atoms in total. The van der Waals surface area contributed by atoms with Gasteiger partial charge >= 0.3 is 6.18 Å². The maximum absolute atomic E-state index is 13.1. The van der Waals surface area contributed by atoms with Gasteiger partial charge in [0.25, 0.3) is 5.91 Å². The SMILES string of the molecule is CCN(CC(=O)Nc1nc(-c2ccccc2)cn1-c1ccc(C(F)(F)F)cc1)C(=O)c1ccccc1Cl. The van der Waals surface area contributed by atoms with Crippen LogP contribution >= 0.6 is 11.6 Å². The van der Waals surface area contributed by atoms with Gasteiger partial charge in [-0.1, -0.05) is 54.1 Å². The molecule has 0 fully saturated rings. The van der Waals surface area contributed by atoms with Crippen LogP contribution in [0.4, 0.5) is 19.1 Å². The summed E-state index contributed by atoms with van der Waals surface area (Å²) in [6.07, 6.45) is -2.85. The first-order valence-corrected chi connectivity index (χ1v) is 11.7.